The number of ether oxygens (including phenoxy) is 1. The standard InChI is InChI=1S/C16H25NOS2/c1-4-7-17-16(15-11-19-8-9-20-15)13-10-12(2)5-6-14(13)18-3/h5-6,10,15-17H,4,7-9,11H2,1-3H3. The number of nitrogens with one attached hydrogen (secondary N) is 1. The monoisotopic (exact) mass is 311 g/mol. The Morgan fingerprint density at radius 2 is 2.25 bits per heavy atom. The second-order valence-electron chi connectivity index (χ2n) is 5.16. The normalized spacial score (nSPS) is 20.6. The zero-order valence-electron chi connectivity index (χ0n) is 12.6. The van der Waals surface area contributed by atoms with Crippen molar-refractivity contribution < 1.29 is 4.74 Å². The summed E-state index contributed by atoms with van der Waals surface area (Å²) in [6.07, 6.45) is 1.16. The van der Waals surface area contributed by atoms with Crippen LogP contribution in [0.5, 0.6) is 5.75 Å². The summed E-state index contributed by atoms with van der Waals surface area (Å²) in [7, 11) is 1.77. The second-order valence-corrected chi connectivity index (χ2v) is 7.66. The molecular weight excluding hydrogens is 286 g/mol. The number of benzene rings is 1. The van der Waals surface area contributed by atoms with Gasteiger partial charge in [-0.25, -0.2) is 0 Å². The van der Waals surface area contributed by atoms with Crippen LogP contribution in [0.4, 0.5) is 0 Å². The molecule has 1 saturated heterocycles. The molecule has 0 amide bonds. The van der Waals surface area contributed by atoms with Crippen molar-refractivity contribution in [1.82, 2.24) is 5.32 Å². The van der Waals surface area contributed by atoms with Crippen LogP contribution in [-0.4, -0.2) is 36.2 Å². The van der Waals surface area contributed by atoms with Gasteiger partial charge in [0, 0.05) is 34.1 Å². The Balaban J connectivity index is 2.26. The van der Waals surface area contributed by atoms with Gasteiger partial charge in [-0.15, -0.1) is 0 Å². The van der Waals surface area contributed by atoms with Crippen molar-refractivity contribution in [2.24, 2.45) is 0 Å². The van der Waals surface area contributed by atoms with Crippen LogP contribution in [0.15, 0.2) is 18.2 Å². The van der Waals surface area contributed by atoms with E-state index in [2.05, 4.69) is 60.9 Å². The predicted molar refractivity (Wildman–Crippen MR) is 92.3 cm³/mol. The Bertz CT molecular complexity index is 419. The summed E-state index contributed by atoms with van der Waals surface area (Å²) >= 11 is 4.18. The quantitative estimate of drug-likeness (QED) is 0.860. The average Bonchev–Trinajstić information content (AvgIpc) is 2.49. The van der Waals surface area contributed by atoms with Gasteiger partial charge in [-0.1, -0.05) is 24.6 Å². The molecule has 2 unspecified atom stereocenters. The van der Waals surface area contributed by atoms with Crippen LogP contribution in [0.3, 0.4) is 0 Å². The summed E-state index contributed by atoms with van der Waals surface area (Å²) in [6.45, 7) is 5.44. The Hall–Kier alpha value is -0.320. The SMILES string of the molecule is CCCNC(c1cc(C)ccc1OC)C1CSCCS1. The van der Waals surface area contributed by atoms with E-state index in [1.165, 1.54) is 28.4 Å². The molecule has 2 atom stereocenters. The molecule has 1 aliphatic heterocycles. The number of rotatable bonds is 6. The van der Waals surface area contributed by atoms with Crippen LogP contribution in [0.1, 0.15) is 30.5 Å². The van der Waals surface area contributed by atoms with E-state index in [1.54, 1.807) is 7.11 Å². The number of methoxy groups -OCH3 is 1. The summed E-state index contributed by atoms with van der Waals surface area (Å²) in [5, 5.41) is 4.38. The molecular formula is C16H25NOS2. The molecule has 4 heteroatoms. The third kappa shape index (κ3) is 4.09. The van der Waals surface area contributed by atoms with Gasteiger partial charge in [0.05, 0.1) is 7.11 Å². The van der Waals surface area contributed by atoms with E-state index in [0.717, 1.165) is 18.7 Å². The first-order valence-electron chi connectivity index (χ1n) is 7.33. The molecule has 0 bridgehead atoms. The smallest absolute Gasteiger partial charge is 0.123 e. The van der Waals surface area contributed by atoms with Gasteiger partial charge in [0.1, 0.15) is 5.75 Å². The van der Waals surface area contributed by atoms with E-state index >= 15 is 0 Å². The van der Waals surface area contributed by atoms with Gasteiger partial charge in [-0.05, 0) is 26.0 Å². The van der Waals surface area contributed by atoms with Gasteiger partial charge in [0.25, 0.3) is 0 Å². The Kier molecular flexibility index (Phi) is 6.59. The summed E-state index contributed by atoms with van der Waals surface area (Å²) in [4.78, 5) is 0. The Labute approximate surface area is 131 Å². The highest BCUT2D eigenvalue weighted by atomic mass is 32.2. The minimum atomic E-state index is 0.391. The van der Waals surface area contributed by atoms with Gasteiger partial charge in [0.2, 0.25) is 0 Å². The number of hydrogen-bond acceptors (Lipinski definition) is 4. The van der Waals surface area contributed by atoms with E-state index < -0.39 is 0 Å². The second kappa shape index (κ2) is 8.20. The zero-order chi connectivity index (χ0) is 14.4. The highest BCUT2D eigenvalue weighted by Gasteiger charge is 2.27. The van der Waals surface area contributed by atoms with Gasteiger partial charge in [-0.2, -0.15) is 23.5 Å². The van der Waals surface area contributed by atoms with Crippen LogP contribution >= 0.6 is 23.5 Å². The molecule has 2 nitrogen and oxygen atoms in total. The Morgan fingerprint density at radius 1 is 1.40 bits per heavy atom. The van der Waals surface area contributed by atoms with Crippen LogP contribution < -0.4 is 10.1 Å². The van der Waals surface area contributed by atoms with Crippen molar-refractivity contribution in [2.75, 3.05) is 30.9 Å². The highest BCUT2D eigenvalue weighted by Crippen LogP contribution is 2.37. The minimum absolute atomic E-state index is 0.391. The van der Waals surface area contributed by atoms with Gasteiger partial charge < -0.3 is 10.1 Å². The summed E-state index contributed by atoms with van der Waals surface area (Å²) in [5.74, 6) is 4.78. The zero-order valence-corrected chi connectivity index (χ0v) is 14.3. The van der Waals surface area contributed by atoms with Crippen molar-refractivity contribution in [1.29, 1.82) is 0 Å². The predicted octanol–water partition coefficient (Wildman–Crippen LogP) is 3.89. The molecule has 0 spiro atoms. The third-order valence-corrected chi connectivity index (χ3v) is 6.41. The molecule has 1 aromatic rings. The molecule has 0 aromatic heterocycles. The van der Waals surface area contributed by atoms with Crippen LogP contribution in [0.25, 0.3) is 0 Å². The van der Waals surface area contributed by atoms with Crippen molar-refractivity contribution in [3.05, 3.63) is 29.3 Å². The van der Waals surface area contributed by atoms with Crippen molar-refractivity contribution >= 4 is 23.5 Å². The van der Waals surface area contributed by atoms with E-state index in [4.69, 9.17) is 4.74 Å². The fourth-order valence-electron chi connectivity index (χ4n) is 2.54. The lowest BCUT2D eigenvalue weighted by atomic mass is 10.0. The van der Waals surface area contributed by atoms with Crippen molar-refractivity contribution in [3.63, 3.8) is 0 Å². The van der Waals surface area contributed by atoms with Crippen molar-refractivity contribution in [2.45, 2.75) is 31.6 Å². The highest BCUT2D eigenvalue weighted by molar-refractivity contribution is 8.06. The van der Waals surface area contributed by atoms with E-state index in [1.807, 2.05) is 0 Å². The summed E-state index contributed by atoms with van der Waals surface area (Å²) in [6, 6.07) is 6.91. The van der Waals surface area contributed by atoms with Crippen LogP contribution in [-0.2, 0) is 0 Å². The molecule has 112 valence electrons. The maximum atomic E-state index is 5.60. The number of aryl methyl sites for hydroxylation is 1. The topological polar surface area (TPSA) is 21.3 Å². The molecule has 1 fully saturated rings. The first-order valence-corrected chi connectivity index (χ1v) is 9.54. The minimum Gasteiger partial charge on any atom is -0.496 e. The van der Waals surface area contributed by atoms with E-state index in [-0.39, 0.29) is 0 Å². The largest absolute Gasteiger partial charge is 0.496 e. The van der Waals surface area contributed by atoms with Gasteiger partial charge in [-0.3, -0.25) is 0 Å². The molecule has 1 aromatic carbocycles. The lowest BCUT2D eigenvalue weighted by Crippen LogP contribution is -2.34. The Morgan fingerprint density at radius 3 is 2.90 bits per heavy atom. The van der Waals surface area contributed by atoms with Crippen molar-refractivity contribution in [3.8, 4) is 5.75 Å². The summed E-state index contributed by atoms with van der Waals surface area (Å²) < 4.78 is 5.60. The van der Waals surface area contributed by atoms with Gasteiger partial charge >= 0.3 is 0 Å². The molecule has 1 N–H and O–H groups in total. The molecule has 0 radical (unpaired) electrons. The van der Waals surface area contributed by atoms with Crippen LogP contribution in [0, 0.1) is 6.92 Å². The fourth-order valence-corrected chi connectivity index (χ4v) is 5.40. The number of thioether (sulfide) groups is 2. The lowest BCUT2D eigenvalue weighted by Gasteiger charge is -2.31. The molecule has 0 aliphatic carbocycles. The average molecular weight is 312 g/mol. The molecule has 1 heterocycles. The summed E-state index contributed by atoms with van der Waals surface area (Å²) in [5.41, 5.74) is 2.62. The molecule has 1 aliphatic rings. The van der Waals surface area contributed by atoms with Crippen LogP contribution in [0.2, 0.25) is 0 Å². The first kappa shape index (κ1) is 16.1. The van der Waals surface area contributed by atoms with E-state index in [0.29, 0.717) is 11.3 Å². The maximum Gasteiger partial charge on any atom is 0.123 e. The fraction of sp³-hybridized carbons (Fsp3) is 0.625. The first-order chi connectivity index (χ1) is 9.76. The molecule has 0 saturated carbocycles. The lowest BCUT2D eigenvalue weighted by molar-refractivity contribution is 0.398. The molecule has 20 heavy (non-hydrogen) atoms. The van der Waals surface area contributed by atoms with E-state index in [9.17, 15) is 0 Å². The maximum absolute atomic E-state index is 5.60. The van der Waals surface area contributed by atoms with Gasteiger partial charge in [0.15, 0.2) is 0 Å². The number of hydrogen-bond donors (Lipinski definition) is 1. The third-order valence-electron chi connectivity index (χ3n) is 3.55. The molecule has 2 rings (SSSR count).